The summed E-state index contributed by atoms with van der Waals surface area (Å²) in [7, 11) is 0. The van der Waals surface area contributed by atoms with E-state index in [1.165, 1.54) is 24.0 Å². The lowest BCUT2D eigenvalue weighted by atomic mass is 10.3. The molecule has 20 heavy (non-hydrogen) atoms. The fourth-order valence-corrected chi connectivity index (χ4v) is 2.51. The number of carboxylic acids is 1. The van der Waals surface area contributed by atoms with Gasteiger partial charge in [0.25, 0.3) is 0 Å². The van der Waals surface area contributed by atoms with E-state index >= 15 is 0 Å². The molecule has 0 spiro atoms. The van der Waals surface area contributed by atoms with Crippen LogP contribution in [-0.2, 0) is 5.75 Å². The molecule has 1 aromatic carbocycles. The van der Waals surface area contributed by atoms with Crippen LogP contribution < -0.4 is 0 Å². The molecule has 0 atom stereocenters. The lowest BCUT2D eigenvalue weighted by Gasteiger charge is -1.99. The van der Waals surface area contributed by atoms with Crippen LogP contribution in [0.25, 0.3) is 11.1 Å². The number of hydrogen-bond donors (Lipinski definition) is 1. The van der Waals surface area contributed by atoms with Crippen LogP contribution >= 0.6 is 11.8 Å². The van der Waals surface area contributed by atoms with Crippen LogP contribution in [0.1, 0.15) is 16.4 Å². The topological polar surface area (TPSA) is 76.2 Å². The number of aromatic carboxylic acids is 1. The van der Waals surface area contributed by atoms with Crippen molar-refractivity contribution in [2.45, 2.75) is 10.6 Å². The SMILES string of the molecule is O=C(O)c1cc(SCc2nc3ccccc3o2)ccn1. The third-order valence-corrected chi connectivity index (χ3v) is 3.63. The summed E-state index contributed by atoms with van der Waals surface area (Å²) in [5, 5.41) is 8.89. The summed E-state index contributed by atoms with van der Waals surface area (Å²) in [6.07, 6.45) is 1.48. The van der Waals surface area contributed by atoms with Crippen LogP contribution in [0.2, 0.25) is 0 Å². The Morgan fingerprint density at radius 1 is 1.30 bits per heavy atom. The first-order valence-corrected chi connectivity index (χ1v) is 6.87. The van der Waals surface area contributed by atoms with Crippen molar-refractivity contribution in [1.82, 2.24) is 9.97 Å². The number of oxazole rings is 1. The van der Waals surface area contributed by atoms with Gasteiger partial charge >= 0.3 is 5.97 Å². The summed E-state index contributed by atoms with van der Waals surface area (Å²) >= 11 is 1.46. The first kappa shape index (κ1) is 12.7. The zero-order valence-electron chi connectivity index (χ0n) is 10.3. The van der Waals surface area contributed by atoms with Gasteiger partial charge in [-0.25, -0.2) is 14.8 Å². The first-order chi connectivity index (χ1) is 9.72. The average Bonchev–Trinajstić information content (AvgIpc) is 2.88. The summed E-state index contributed by atoms with van der Waals surface area (Å²) < 4.78 is 5.60. The van der Waals surface area contributed by atoms with Gasteiger partial charge < -0.3 is 9.52 Å². The van der Waals surface area contributed by atoms with E-state index in [1.807, 2.05) is 24.3 Å². The molecule has 0 aliphatic heterocycles. The van der Waals surface area contributed by atoms with Gasteiger partial charge in [-0.15, -0.1) is 11.8 Å². The predicted octanol–water partition coefficient (Wildman–Crippen LogP) is 3.21. The van der Waals surface area contributed by atoms with Gasteiger partial charge in [-0.1, -0.05) is 12.1 Å². The third kappa shape index (κ3) is 2.65. The molecule has 0 fully saturated rings. The lowest BCUT2D eigenvalue weighted by Crippen LogP contribution is -1.99. The number of pyridine rings is 1. The van der Waals surface area contributed by atoms with Crippen molar-refractivity contribution >= 4 is 28.8 Å². The molecule has 0 aliphatic rings. The summed E-state index contributed by atoms with van der Waals surface area (Å²) in [6, 6.07) is 10.9. The third-order valence-electron chi connectivity index (χ3n) is 2.65. The normalized spacial score (nSPS) is 10.8. The zero-order valence-corrected chi connectivity index (χ0v) is 11.1. The van der Waals surface area contributed by atoms with E-state index in [-0.39, 0.29) is 5.69 Å². The number of hydrogen-bond acceptors (Lipinski definition) is 5. The monoisotopic (exact) mass is 286 g/mol. The van der Waals surface area contributed by atoms with E-state index in [0.29, 0.717) is 11.6 Å². The van der Waals surface area contributed by atoms with Gasteiger partial charge in [-0.05, 0) is 24.3 Å². The second-order valence-corrected chi connectivity index (χ2v) is 5.09. The van der Waals surface area contributed by atoms with Crippen LogP contribution in [0.3, 0.4) is 0 Å². The molecule has 0 unspecified atom stereocenters. The highest BCUT2D eigenvalue weighted by Crippen LogP contribution is 2.24. The van der Waals surface area contributed by atoms with Crippen molar-refractivity contribution in [3.05, 3.63) is 54.2 Å². The molecule has 1 N–H and O–H groups in total. The molecule has 2 aromatic heterocycles. The largest absolute Gasteiger partial charge is 0.477 e. The predicted molar refractivity (Wildman–Crippen MR) is 74.8 cm³/mol. The Balaban J connectivity index is 1.75. The number of benzene rings is 1. The van der Waals surface area contributed by atoms with Gasteiger partial charge in [0.15, 0.2) is 5.58 Å². The van der Waals surface area contributed by atoms with Crippen LogP contribution in [0, 0.1) is 0 Å². The minimum atomic E-state index is -1.03. The van der Waals surface area contributed by atoms with Gasteiger partial charge in [-0.2, -0.15) is 0 Å². The van der Waals surface area contributed by atoms with Crippen LogP contribution in [0.15, 0.2) is 51.9 Å². The Morgan fingerprint density at radius 2 is 2.15 bits per heavy atom. The first-order valence-electron chi connectivity index (χ1n) is 5.89. The van der Waals surface area contributed by atoms with Gasteiger partial charge in [-0.3, -0.25) is 0 Å². The van der Waals surface area contributed by atoms with E-state index in [9.17, 15) is 4.79 Å². The number of rotatable bonds is 4. The standard InChI is InChI=1S/C14H10N2O3S/c17-14(18)11-7-9(5-6-15-11)20-8-13-16-10-3-1-2-4-12(10)19-13/h1-7H,8H2,(H,17,18). The Bertz CT molecular complexity index is 737. The second kappa shape index (κ2) is 5.34. The van der Waals surface area contributed by atoms with E-state index < -0.39 is 5.97 Å². The van der Waals surface area contributed by atoms with Gasteiger partial charge in [0.05, 0.1) is 5.75 Å². The molecule has 0 saturated heterocycles. The number of carbonyl (C=O) groups is 1. The van der Waals surface area contributed by atoms with Gasteiger partial charge in [0, 0.05) is 11.1 Å². The van der Waals surface area contributed by atoms with Gasteiger partial charge in [0.2, 0.25) is 5.89 Å². The minimum Gasteiger partial charge on any atom is -0.477 e. The molecule has 5 nitrogen and oxygen atoms in total. The number of carboxylic acid groups (broad SMARTS) is 1. The number of thioether (sulfide) groups is 1. The Labute approximate surface area is 118 Å². The molecule has 100 valence electrons. The molecule has 2 heterocycles. The van der Waals surface area contributed by atoms with Crippen molar-refractivity contribution < 1.29 is 14.3 Å². The molecular weight excluding hydrogens is 276 g/mol. The van der Waals surface area contributed by atoms with E-state index in [1.54, 1.807) is 6.07 Å². The highest BCUT2D eigenvalue weighted by Gasteiger charge is 2.08. The van der Waals surface area contributed by atoms with Crippen LogP contribution in [0.5, 0.6) is 0 Å². The van der Waals surface area contributed by atoms with Crippen molar-refractivity contribution in [3.63, 3.8) is 0 Å². The maximum atomic E-state index is 10.8. The fourth-order valence-electron chi connectivity index (χ4n) is 1.74. The number of nitrogens with zero attached hydrogens (tertiary/aromatic N) is 2. The summed E-state index contributed by atoms with van der Waals surface area (Å²) in [5.74, 6) is 0.122. The molecule has 0 radical (unpaired) electrons. The summed E-state index contributed by atoms with van der Waals surface area (Å²) in [6.45, 7) is 0. The average molecular weight is 286 g/mol. The highest BCUT2D eigenvalue weighted by molar-refractivity contribution is 7.98. The molecule has 0 amide bonds. The molecule has 0 saturated carbocycles. The molecule has 0 bridgehead atoms. The van der Waals surface area contributed by atoms with E-state index in [0.717, 1.165) is 16.0 Å². The second-order valence-electron chi connectivity index (χ2n) is 4.05. The number of aromatic nitrogens is 2. The van der Waals surface area contributed by atoms with Crippen molar-refractivity contribution in [2.24, 2.45) is 0 Å². The van der Waals surface area contributed by atoms with Crippen LogP contribution in [-0.4, -0.2) is 21.0 Å². The molecule has 6 heteroatoms. The van der Waals surface area contributed by atoms with Crippen molar-refractivity contribution in [1.29, 1.82) is 0 Å². The molecule has 3 rings (SSSR count). The lowest BCUT2D eigenvalue weighted by molar-refractivity contribution is 0.0690. The number of para-hydroxylation sites is 2. The quantitative estimate of drug-likeness (QED) is 0.742. The zero-order chi connectivity index (χ0) is 13.9. The molecule has 3 aromatic rings. The van der Waals surface area contributed by atoms with Crippen molar-refractivity contribution in [3.8, 4) is 0 Å². The van der Waals surface area contributed by atoms with Gasteiger partial charge in [0.1, 0.15) is 11.2 Å². The Kier molecular flexibility index (Phi) is 3.39. The van der Waals surface area contributed by atoms with Crippen LogP contribution in [0.4, 0.5) is 0 Å². The molecule has 0 aliphatic carbocycles. The van der Waals surface area contributed by atoms with E-state index in [4.69, 9.17) is 9.52 Å². The highest BCUT2D eigenvalue weighted by atomic mass is 32.2. The smallest absolute Gasteiger partial charge is 0.354 e. The Morgan fingerprint density at radius 3 is 2.95 bits per heavy atom. The number of fused-ring (bicyclic) bond motifs is 1. The maximum Gasteiger partial charge on any atom is 0.354 e. The van der Waals surface area contributed by atoms with Crippen molar-refractivity contribution in [2.75, 3.05) is 0 Å². The summed E-state index contributed by atoms with van der Waals surface area (Å²) in [4.78, 5) is 19.8. The summed E-state index contributed by atoms with van der Waals surface area (Å²) in [5.41, 5.74) is 1.61. The fraction of sp³-hybridized carbons (Fsp3) is 0.0714. The molecular formula is C14H10N2O3S. The maximum absolute atomic E-state index is 10.8. The Hall–Kier alpha value is -2.34. The van der Waals surface area contributed by atoms with E-state index in [2.05, 4.69) is 9.97 Å². The minimum absolute atomic E-state index is 0.0348.